The Labute approximate surface area is 166 Å². The highest BCUT2D eigenvalue weighted by Crippen LogP contribution is 2.36. The van der Waals surface area contributed by atoms with E-state index in [1.807, 2.05) is 6.92 Å². The molecule has 0 saturated heterocycles. The first-order valence-electron chi connectivity index (χ1n) is 8.62. The lowest BCUT2D eigenvalue weighted by atomic mass is 10.3. The molecule has 0 unspecified atom stereocenters. The lowest BCUT2D eigenvalue weighted by molar-refractivity contribution is -0.116. The van der Waals surface area contributed by atoms with Crippen molar-refractivity contribution in [2.45, 2.75) is 34.8 Å². The molecule has 3 rings (SSSR count). The summed E-state index contributed by atoms with van der Waals surface area (Å²) < 4.78 is 38.8. The molecular formula is C19H19FN2O4S2. The van der Waals surface area contributed by atoms with E-state index in [0.717, 1.165) is 4.90 Å². The zero-order valence-electron chi connectivity index (χ0n) is 15.1. The maximum absolute atomic E-state index is 13.6. The molecule has 2 N–H and O–H groups in total. The fourth-order valence-corrected chi connectivity index (χ4v) is 5.06. The predicted octanol–water partition coefficient (Wildman–Crippen LogP) is 3.45. The van der Waals surface area contributed by atoms with E-state index in [0.29, 0.717) is 12.1 Å². The molecule has 0 spiro atoms. The van der Waals surface area contributed by atoms with E-state index in [9.17, 15) is 22.4 Å². The summed E-state index contributed by atoms with van der Waals surface area (Å²) >= 11 is 1.50. The van der Waals surface area contributed by atoms with Crippen LogP contribution in [0.15, 0.2) is 52.3 Å². The first-order valence-corrected chi connectivity index (χ1v) is 11.2. The average molecular weight is 423 g/mol. The molecule has 2 aromatic rings. The van der Waals surface area contributed by atoms with Gasteiger partial charge in [0.05, 0.1) is 22.0 Å². The van der Waals surface area contributed by atoms with E-state index < -0.39 is 27.3 Å². The predicted molar refractivity (Wildman–Crippen MR) is 107 cm³/mol. The van der Waals surface area contributed by atoms with E-state index in [4.69, 9.17) is 0 Å². The Bertz CT molecular complexity index is 1020. The molecule has 2 amide bonds. The van der Waals surface area contributed by atoms with Crippen LogP contribution in [0.4, 0.5) is 15.8 Å². The number of fused-ring (bicyclic) bond motifs is 1. The highest BCUT2D eigenvalue weighted by atomic mass is 32.2. The number of thioether (sulfide) groups is 1. The monoisotopic (exact) mass is 422 g/mol. The van der Waals surface area contributed by atoms with Gasteiger partial charge >= 0.3 is 0 Å². The van der Waals surface area contributed by atoms with Gasteiger partial charge in [-0.25, -0.2) is 12.8 Å². The van der Waals surface area contributed by atoms with Gasteiger partial charge in [-0.2, -0.15) is 0 Å². The van der Waals surface area contributed by atoms with Gasteiger partial charge < -0.3 is 10.6 Å². The van der Waals surface area contributed by atoms with E-state index in [1.165, 1.54) is 42.1 Å². The molecule has 0 radical (unpaired) electrons. The molecule has 0 saturated carbocycles. The number of anilines is 2. The third kappa shape index (κ3) is 4.90. The lowest BCUT2D eigenvalue weighted by Gasteiger charge is -2.11. The fourth-order valence-electron chi connectivity index (χ4n) is 2.74. The Morgan fingerprint density at radius 2 is 2.04 bits per heavy atom. The number of rotatable bonds is 5. The second kappa shape index (κ2) is 8.32. The van der Waals surface area contributed by atoms with Crippen molar-refractivity contribution < 1.29 is 22.4 Å². The van der Waals surface area contributed by atoms with Crippen LogP contribution in [-0.4, -0.2) is 31.2 Å². The summed E-state index contributed by atoms with van der Waals surface area (Å²) in [5.74, 6) is -1.78. The number of halogens is 1. The third-order valence-corrected chi connectivity index (χ3v) is 7.02. The number of benzene rings is 2. The normalized spacial score (nSPS) is 16.6. The molecule has 0 bridgehead atoms. The number of para-hydroxylation sites is 1. The standard InChI is InChI=1S/C19H19FN2O4S2/c1-12-10-19(24)22-16-11-13(6-7-17(16)27-12)28(25,26)9-8-18(23)21-15-5-3-2-4-14(15)20/h2-7,11-12H,8-10H2,1H3,(H,21,23)(H,22,24)/t12-/m0/s1. The number of nitrogens with one attached hydrogen (secondary N) is 2. The minimum Gasteiger partial charge on any atom is -0.325 e. The van der Waals surface area contributed by atoms with Crippen LogP contribution in [0.2, 0.25) is 0 Å². The van der Waals surface area contributed by atoms with Crippen molar-refractivity contribution in [3.05, 3.63) is 48.3 Å². The number of sulfone groups is 1. The summed E-state index contributed by atoms with van der Waals surface area (Å²) in [6, 6.07) is 10.2. The van der Waals surface area contributed by atoms with E-state index in [1.54, 1.807) is 12.1 Å². The van der Waals surface area contributed by atoms with Crippen LogP contribution in [0.25, 0.3) is 0 Å². The number of hydrogen-bond acceptors (Lipinski definition) is 5. The average Bonchev–Trinajstić information content (AvgIpc) is 2.77. The van der Waals surface area contributed by atoms with Crippen LogP contribution in [0.5, 0.6) is 0 Å². The van der Waals surface area contributed by atoms with Crippen molar-refractivity contribution in [1.29, 1.82) is 0 Å². The highest BCUT2D eigenvalue weighted by molar-refractivity contribution is 8.00. The molecular weight excluding hydrogens is 403 g/mol. The smallest absolute Gasteiger partial charge is 0.225 e. The lowest BCUT2D eigenvalue weighted by Crippen LogP contribution is -2.18. The van der Waals surface area contributed by atoms with Crippen LogP contribution in [0, 0.1) is 5.82 Å². The molecule has 0 aliphatic carbocycles. The highest BCUT2D eigenvalue weighted by Gasteiger charge is 2.23. The van der Waals surface area contributed by atoms with Crippen molar-refractivity contribution >= 4 is 44.8 Å². The Kier molecular flexibility index (Phi) is 6.04. The topological polar surface area (TPSA) is 92.3 Å². The molecule has 2 aromatic carbocycles. The van der Waals surface area contributed by atoms with Crippen LogP contribution in [-0.2, 0) is 19.4 Å². The van der Waals surface area contributed by atoms with Crippen LogP contribution < -0.4 is 10.6 Å². The van der Waals surface area contributed by atoms with E-state index in [-0.39, 0.29) is 28.2 Å². The van der Waals surface area contributed by atoms with Gasteiger partial charge in [0.2, 0.25) is 11.8 Å². The van der Waals surface area contributed by atoms with Crippen molar-refractivity contribution in [2.75, 3.05) is 16.4 Å². The maximum Gasteiger partial charge on any atom is 0.225 e. The summed E-state index contributed by atoms with van der Waals surface area (Å²) in [5.41, 5.74) is 0.458. The molecule has 148 valence electrons. The summed E-state index contributed by atoms with van der Waals surface area (Å²) in [4.78, 5) is 24.7. The molecule has 1 heterocycles. The minimum atomic E-state index is -3.75. The molecule has 1 atom stereocenters. The molecule has 6 nitrogen and oxygen atoms in total. The summed E-state index contributed by atoms with van der Waals surface area (Å²) in [7, 11) is -3.75. The van der Waals surface area contributed by atoms with E-state index >= 15 is 0 Å². The molecule has 9 heteroatoms. The number of hydrogen-bond donors (Lipinski definition) is 2. The fraction of sp³-hybridized carbons (Fsp3) is 0.263. The zero-order chi connectivity index (χ0) is 20.3. The molecule has 0 aromatic heterocycles. The van der Waals surface area contributed by atoms with Gasteiger partial charge in [0.15, 0.2) is 9.84 Å². The van der Waals surface area contributed by atoms with E-state index in [2.05, 4.69) is 10.6 Å². The van der Waals surface area contributed by atoms with Gasteiger partial charge in [0.1, 0.15) is 5.82 Å². The first kappa shape index (κ1) is 20.3. The van der Waals surface area contributed by atoms with Crippen molar-refractivity contribution in [3.63, 3.8) is 0 Å². The first-order chi connectivity index (χ1) is 13.2. The maximum atomic E-state index is 13.6. The molecule has 1 aliphatic rings. The minimum absolute atomic E-state index is 0.00351. The molecule has 28 heavy (non-hydrogen) atoms. The van der Waals surface area contributed by atoms with Gasteiger partial charge in [0, 0.05) is 23.0 Å². The van der Waals surface area contributed by atoms with Crippen molar-refractivity contribution in [2.24, 2.45) is 0 Å². The Morgan fingerprint density at radius 3 is 2.79 bits per heavy atom. The SMILES string of the molecule is C[C@H]1CC(=O)Nc2cc(S(=O)(=O)CCC(=O)Nc3ccccc3F)ccc2S1. The van der Waals surface area contributed by atoms with Gasteiger partial charge in [-0.15, -0.1) is 11.8 Å². The second-order valence-corrected chi connectivity index (χ2v) is 10.0. The summed E-state index contributed by atoms with van der Waals surface area (Å²) in [5, 5.41) is 5.18. The quantitative estimate of drug-likeness (QED) is 0.770. The van der Waals surface area contributed by atoms with Crippen LogP contribution in [0.3, 0.4) is 0 Å². The number of amides is 2. The molecule has 1 aliphatic heterocycles. The van der Waals surface area contributed by atoms with Gasteiger partial charge in [-0.1, -0.05) is 19.1 Å². The van der Waals surface area contributed by atoms with Crippen LogP contribution in [0.1, 0.15) is 19.8 Å². The zero-order valence-corrected chi connectivity index (χ0v) is 16.7. The Morgan fingerprint density at radius 1 is 1.29 bits per heavy atom. The van der Waals surface area contributed by atoms with Crippen molar-refractivity contribution in [1.82, 2.24) is 0 Å². The number of carbonyl (C=O) groups excluding carboxylic acids is 2. The Hall–Kier alpha value is -2.39. The summed E-state index contributed by atoms with van der Waals surface area (Å²) in [6.07, 6.45) is 0.0313. The van der Waals surface area contributed by atoms with Crippen LogP contribution >= 0.6 is 11.8 Å². The second-order valence-electron chi connectivity index (χ2n) is 6.44. The van der Waals surface area contributed by atoms with Gasteiger partial charge in [0.25, 0.3) is 0 Å². The largest absolute Gasteiger partial charge is 0.325 e. The van der Waals surface area contributed by atoms with Gasteiger partial charge in [-0.3, -0.25) is 9.59 Å². The van der Waals surface area contributed by atoms with Crippen molar-refractivity contribution in [3.8, 4) is 0 Å². The van der Waals surface area contributed by atoms with Gasteiger partial charge in [-0.05, 0) is 30.3 Å². The Balaban J connectivity index is 1.70. The summed E-state index contributed by atoms with van der Waals surface area (Å²) in [6.45, 7) is 1.93. The number of carbonyl (C=O) groups is 2. The molecule has 0 fully saturated rings. The third-order valence-electron chi connectivity index (χ3n) is 4.13.